The quantitative estimate of drug-likeness (QED) is 0.525. The average Bonchev–Trinajstić information content (AvgIpc) is 1.90. The first-order valence-corrected chi connectivity index (χ1v) is 4.72. The van der Waals surface area contributed by atoms with Crippen molar-refractivity contribution in [2.24, 2.45) is 5.92 Å². The van der Waals surface area contributed by atoms with Crippen LogP contribution in [0.25, 0.3) is 0 Å². The third-order valence-electron chi connectivity index (χ3n) is 1.62. The Morgan fingerprint density at radius 1 is 1.62 bits per heavy atom. The van der Waals surface area contributed by atoms with Crippen LogP contribution in [0.2, 0.25) is 0 Å². The molecule has 48 valence electrons. The summed E-state index contributed by atoms with van der Waals surface area (Å²) < 4.78 is 1.32. The van der Waals surface area contributed by atoms with E-state index in [0.717, 1.165) is 5.92 Å². The van der Waals surface area contributed by atoms with Gasteiger partial charge in [0.1, 0.15) is 0 Å². The summed E-state index contributed by atoms with van der Waals surface area (Å²) in [7, 11) is 0. The minimum atomic E-state index is 0.962. The Kier molecular flexibility index (Phi) is 3.12. The Balaban J connectivity index is 2.13. The summed E-state index contributed by atoms with van der Waals surface area (Å²) in [6, 6.07) is 0. The Morgan fingerprint density at radius 3 is 2.88 bits per heavy atom. The van der Waals surface area contributed by atoms with Gasteiger partial charge >= 0.3 is 0 Å². The molecule has 8 heavy (non-hydrogen) atoms. The molecule has 1 rings (SSSR count). The van der Waals surface area contributed by atoms with Crippen LogP contribution in [0.3, 0.4) is 0 Å². The second kappa shape index (κ2) is 3.67. The minimum Gasteiger partial charge on any atom is -0.316 e. The molecular weight excluding hydrogens is 213 g/mol. The van der Waals surface area contributed by atoms with Crippen molar-refractivity contribution in [3.05, 3.63) is 0 Å². The maximum atomic E-state index is 3.38. The number of halogens is 1. The van der Waals surface area contributed by atoms with Gasteiger partial charge in [0.25, 0.3) is 0 Å². The summed E-state index contributed by atoms with van der Waals surface area (Å²) in [4.78, 5) is 0. The number of hydrogen-bond acceptors (Lipinski definition) is 1. The SMILES string of the molecule is ICC1CCCNC1. The lowest BCUT2D eigenvalue weighted by Gasteiger charge is -2.19. The Bertz CT molecular complexity index is 59.5. The molecule has 0 aromatic rings. The van der Waals surface area contributed by atoms with Crippen LogP contribution in [-0.4, -0.2) is 17.5 Å². The second-order valence-corrected chi connectivity index (χ2v) is 3.25. The molecule has 1 fully saturated rings. The van der Waals surface area contributed by atoms with E-state index in [9.17, 15) is 0 Å². The molecule has 1 heterocycles. The first kappa shape index (κ1) is 6.81. The first-order valence-electron chi connectivity index (χ1n) is 3.20. The number of nitrogens with one attached hydrogen (secondary N) is 1. The van der Waals surface area contributed by atoms with Crippen LogP contribution in [0, 0.1) is 5.92 Å². The van der Waals surface area contributed by atoms with Crippen LogP contribution in [0.4, 0.5) is 0 Å². The average molecular weight is 225 g/mol. The molecular formula is C6H12IN. The maximum Gasteiger partial charge on any atom is 0.00358 e. The third-order valence-corrected chi connectivity index (χ3v) is 2.86. The monoisotopic (exact) mass is 225 g/mol. The van der Waals surface area contributed by atoms with Crippen molar-refractivity contribution >= 4 is 22.6 Å². The topological polar surface area (TPSA) is 12.0 Å². The van der Waals surface area contributed by atoms with Gasteiger partial charge in [-0.25, -0.2) is 0 Å². The number of hydrogen-bond donors (Lipinski definition) is 1. The molecule has 1 unspecified atom stereocenters. The zero-order valence-electron chi connectivity index (χ0n) is 4.99. The molecule has 2 heteroatoms. The van der Waals surface area contributed by atoms with Crippen molar-refractivity contribution < 1.29 is 0 Å². The molecule has 0 aromatic carbocycles. The van der Waals surface area contributed by atoms with Crippen LogP contribution in [0.15, 0.2) is 0 Å². The smallest absolute Gasteiger partial charge is 0.00358 e. The normalized spacial score (nSPS) is 30.4. The van der Waals surface area contributed by atoms with Crippen molar-refractivity contribution in [1.29, 1.82) is 0 Å². The van der Waals surface area contributed by atoms with E-state index in [1.165, 1.54) is 30.4 Å². The fraction of sp³-hybridized carbons (Fsp3) is 1.00. The van der Waals surface area contributed by atoms with Crippen LogP contribution in [0.1, 0.15) is 12.8 Å². The van der Waals surface area contributed by atoms with Crippen molar-refractivity contribution in [2.45, 2.75) is 12.8 Å². The van der Waals surface area contributed by atoms with Gasteiger partial charge in [-0.05, 0) is 31.8 Å². The second-order valence-electron chi connectivity index (χ2n) is 2.37. The number of piperidine rings is 1. The summed E-state index contributed by atoms with van der Waals surface area (Å²) >= 11 is 2.47. The third kappa shape index (κ3) is 1.90. The molecule has 1 N–H and O–H groups in total. The summed E-state index contributed by atoms with van der Waals surface area (Å²) in [5.74, 6) is 0.962. The highest BCUT2D eigenvalue weighted by molar-refractivity contribution is 14.1. The lowest BCUT2D eigenvalue weighted by atomic mass is 10.0. The fourth-order valence-corrected chi connectivity index (χ4v) is 1.81. The van der Waals surface area contributed by atoms with Crippen LogP contribution in [-0.2, 0) is 0 Å². The lowest BCUT2D eigenvalue weighted by molar-refractivity contribution is 0.414. The van der Waals surface area contributed by atoms with Crippen LogP contribution >= 0.6 is 22.6 Å². The van der Waals surface area contributed by atoms with E-state index < -0.39 is 0 Å². The Morgan fingerprint density at radius 2 is 2.50 bits per heavy atom. The van der Waals surface area contributed by atoms with Crippen molar-refractivity contribution in [1.82, 2.24) is 5.32 Å². The summed E-state index contributed by atoms with van der Waals surface area (Å²) in [5.41, 5.74) is 0. The summed E-state index contributed by atoms with van der Waals surface area (Å²) in [6.07, 6.45) is 2.82. The minimum absolute atomic E-state index is 0.962. The van der Waals surface area contributed by atoms with Crippen molar-refractivity contribution in [3.8, 4) is 0 Å². The van der Waals surface area contributed by atoms with E-state index >= 15 is 0 Å². The molecule has 1 aliphatic heterocycles. The fourth-order valence-electron chi connectivity index (χ4n) is 1.06. The van der Waals surface area contributed by atoms with Gasteiger partial charge in [0.15, 0.2) is 0 Å². The van der Waals surface area contributed by atoms with Gasteiger partial charge in [-0.3, -0.25) is 0 Å². The molecule has 0 aromatic heterocycles. The highest BCUT2D eigenvalue weighted by Crippen LogP contribution is 2.11. The first-order chi connectivity index (χ1) is 3.93. The number of alkyl halides is 1. The predicted octanol–water partition coefficient (Wildman–Crippen LogP) is 1.42. The molecule has 0 radical (unpaired) electrons. The van der Waals surface area contributed by atoms with Gasteiger partial charge in [-0.2, -0.15) is 0 Å². The van der Waals surface area contributed by atoms with E-state index in [1.807, 2.05) is 0 Å². The molecule has 1 saturated heterocycles. The lowest BCUT2D eigenvalue weighted by Crippen LogP contribution is -2.30. The van der Waals surface area contributed by atoms with Gasteiger partial charge < -0.3 is 5.32 Å². The van der Waals surface area contributed by atoms with Crippen LogP contribution in [0.5, 0.6) is 0 Å². The van der Waals surface area contributed by atoms with Gasteiger partial charge in [-0.1, -0.05) is 22.6 Å². The maximum absolute atomic E-state index is 3.38. The predicted molar refractivity (Wildman–Crippen MR) is 44.5 cm³/mol. The molecule has 1 nitrogen and oxygen atoms in total. The van der Waals surface area contributed by atoms with E-state index in [1.54, 1.807) is 0 Å². The summed E-state index contributed by atoms with van der Waals surface area (Å²) in [6.45, 7) is 2.50. The van der Waals surface area contributed by atoms with Gasteiger partial charge in [0.2, 0.25) is 0 Å². The van der Waals surface area contributed by atoms with E-state index in [2.05, 4.69) is 27.9 Å². The van der Waals surface area contributed by atoms with E-state index in [-0.39, 0.29) is 0 Å². The molecule has 0 aliphatic carbocycles. The summed E-state index contributed by atoms with van der Waals surface area (Å²) in [5, 5.41) is 3.38. The molecule has 0 amide bonds. The zero-order valence-corrected chi connectivity index (χ0v) is 7.15. The Hall–Kier alpha value is 0.690. The molecule has 1 atom stereocenters. The van der Waals surface area contributed by atoms with Crippen molar-refractivity contribution in [2.75, 3.05) is 17.5 Å². The molecule has 0 saturated carbocycles. The highest BCUT2D eigenvalue weighted by Gasteiger charge is 2.09. The largest absolute Gasteiger partial charge is 0.316 e. The van der Waals surface area contributed by atoms with Gasteiger partial charge in [0, 0.05) is 4.43 Å². The standard InChI is InChI=1S/C6H12IN/c7-4-6-2-1-3-8-5-6/h6,8H,1-5H2. The van der Waals surface area contributed by atoms with Crippen molar-refractivity contribution in [3.63, 3.8) is 0 Å². The molecule has 1 aliphatic rings. The van der Waals surface area contributed by atoms with Crippen LogP contribution < -0.4 is 5.32 Å². The zero-order chi connectivity index (χ0) is 5.82. The van der Waals surface area contributed by atoms with E-state index in [4.69, 9.17) is 0 Å². The molecule has 0 spiro atoms. The highest BCUT2D eigenvalue weighted by atomic mass is 127. The van der Waals surface area contributed by atoms with E-state index in [0.29, 0.717) is 0 Å². The Labute approximate surface area is 64.4 Å². The molecule has 0 bridgehead atoms. The number of rotatable bonds is 1. The van der Waals surface area contributed by atoms with Gasteiger partial charge in [0.05, 0.1) is 0 Å². The van der Waals surface area contributed by atoms with Gasteiger partial charge in [-0.15, -0.1) is 0 Å².